The maximum atomic E-state index is 5.45. The summed E-state index contributed by atoms with van der Waals surface area (Å²) in [6.45, 7) is 3.31. The van der Waals surface area contributed by atoms with Gasteiger partial charge in [-0.05, 0) is 12.5 Å². The first-order valence-corrected chi connectivity index (χ1v) is 8.19. The number of ether oxygens (including phenoxy) is 1. The van der Waals surface area contributed by atoms with Crippen LogP contribution in [0.4, 0.5) is 0 Å². The summed E-state index contributed by atoms with van der Waals surface area (Å²) in [7, 11) is 3.87. The van der Waals surface area contributed by atoms with Crippen LogP contribution in [0.5, 0.6) is 0 Å². The molecule has 1 fully saturated rings. The van der Waals surface area contributed by atoms with Crippen LogP contribution in [0.15, 0.2) is 42.0 Å². The molecular weight excluding hydrogens is 431 g/mol. The van der Waals surface area contributed by atoms with Crippen LogP contribution in [0, 0.1) is 5.92 Å². The van der Waals surface area contributed by atoms with Crippen LogP contribution in [0.2, 0.25) is 0 Å². The minimum Gasteiger partial charge on any atom is -0.381 e. The second-order valence-corrected chi connectivity index (χ2v) is 5.97. The van der Waals surface area contributed by atoms with E-state index < -0.39 is 0 Å². The third kappa shape index (κ3) is 5.15. The first-order chi connectivity index (χ1) is 11.8. The lowest BCUT2D eigenvalue weighted by molar-refractivity contribution is 0.181. The highest BCUT2D eigenvalue weighted by Crippen LogP contribution is 2.14. The summed E-state index contributed by atoms with van der Waals surface area (Å²) in [6, 6.07) is 4.01. The molecule has 1 saturated heterocycles. The normalized spacial score (nSPS) is 17.2. The van der Waals surface area contributed by atoms with E-state index in [1.54, 1.807) is 18.7 Å². The van der Waals surface area contributed by atoms with Gasteiger partial charge in [-0.15, -0.1) is 24.0 Å². The highest BCUT2D eigenvalue weighted by Gasteiger charge is 2.19. The van der Waals surface area contributed by atoms with Crippen LogP contribution in [-0.2, 0) is 11.3 Å². The van der Waals surface area contributed by atoms with Crippen LogP contribution < -0.4 is 5.32 Å². The van der Waals surface area contributed by atoms with E-state index in [4.69, 9.17) is 4.74 Å². The highest BCUT2D eigenvalue weighted by molar-refractivity contribution is 14.0. The van der Waals surface area contributed by atoms with E-state index in [0.717, 1.165) is 43.5 Å². The Morgan fingerprint density at radius 2 is 2.36 bits per heavy atom. The number of imidazole rings is 1. The van der Waals surface area contributed by atoms with E-state index in [9.17, 15) is 0 Å². The molecule has 0 spiro atoms. The second-order valence-electron chi connectivity index (χ2n) is 5.97. The van der Waals surface area contributed by atoms with Gasteiger partial charge >= 0.3 is 0 Å². The topological polar surface area (TPSA) is 67.6 Å². The highest BCUT2D eigenvalue weighted by atomic mass is 127. The van der Waals surface area contributed by atoms with Crippen molar-refractivity contribution in [1.82, 2.24) is 24.8 Å². The Balaban J connectivity index is 0.00000225. The van der Waals surface area contributed by atoms with Gasteiger partial charge in [0.25, 0.3) is 0 Å². The number of hydrogen-bond donors (Lipinski definition) is 1. The molecule has 3 rings (SSSR count). The fourth-order valence-corrected chi connectivity index (χ4v) is 2.95. The maximum absolute atomic E-state index is 5.45. The SMILES string of the molecule is CN=C(NCc1cccnc1-n1ccnc1)N(C)CC1CCOC1.I. The molecular formula is C17H25IN6O. The predicted octanol–water partition coefficient (Wildman–Crippen LogP) is 1.93. The first kappa shape index (κ1) is 19.6. The zero-order chi connectivity index (χ0) is 16.8. The van der Waals surface area contributed by atoms with Gasteiger partial charge in [0.2, 0.25) is 0 Å². The summed E-state index contributed by atoms with van der Waals surface area (Å²) in [6.07, 6.45) is 8.32. The van der Waals surface area contributed by atoms with Gasteiger partial charge in [0.05, 0.1) is 6.61 Å². The third-order valence-corrected chi connectivity index (χ3v) is 4.18. The molecule has 2 aromatic heterocycles. The molecule has 0 aliphatic carbocycles. The van der Waals surface area contributed by atoms with Crippen molar-refractivity contribution in [3.8, 4) is 5.82 Å². The standard InChI is InChI=1S/C17H24N6O.HI/c1-18-17(22(2)11-14-5-9-24-12-14)21-10-15-4-3-6-20-16(15)23-8-7-19-13-23;/h3-4,6-8,13-14H,5,9-12H2,1-2H3,(H,18,21);1H. The molecule has 1 aliphatic rings. The molecule has 1 N–H and O–H groups in total. The molecule has 8 heteroatoms. The molecule has 0 saturated carbocycles. The number of halogens is 1. The smallest absolute Gasteiger partial charge is 0.193 e. The zero-order valence-electron chi connectivity index (χ0n) is 14.6. The number of aliphatic imine (C=N–C) groups is 1. The molecule has 25 heavy (non-hydrogen) atoms. The van der Waals surface area contributed by atoms with E-state index in [-0.39, 0.29) is 24.0 Å². The van der Waals surface area contributed by atoms with Crippen LogP contribution in [0.25, 0.3) is 5.82 Å². The van der Waals surface area contributed by atoms with E-state index >= 15 is 0 Å². The van der Waals surface area contributed by atoms with Gasteiger partial charge in [-0.25, -0.2) is 9.97 Å². The largest absolute Gasteiger partial charge is 0.381 e. The van der Waals surface area contributed by atoms with Crippen molar-refractivity contribution in [1.29, 1.82) is 0 Å². The van der Waals surface area contributed by atoms with Gasteiger partial charge in [0, 0.05) is 63.9 Å². The summed E-state index contributed by atoms with van der Waals surface area (Å²) in [4.78, 5) is 15.1. The number of rotatable bonds is 5. The second kappa shape index (κ2) is 9.71. The summed E-state index contributed by atoms with van der Waals surface area (Å²) in [5.41, 5.74) is 1.09. The third-order valence-electron chi connectivity index (χ3n) is 4.18. The Kier molecular flexibility index (Phi) is 7.63. The lowest BCUT2D eigenvalue weighted by Gasteiger charge is -2.24. The summed E-state index contributed by atoms with van der Waals surface area (Å²) >= 11 is 0. The number of aromatic nitrogens is 3. The Morgan fingerprint density at radius 3 is 3.04 bits per heavy atom. The molecule has 3 heterocycles. The van der Waals surface area contributed by atoms with Gasteiger partial charge in [0.1, 0.15) is 12.1 Å². The van der Waals surface area contributed by atoms with Crippen molar-refractivity contribution < 1.29 is 4.74 Å². The quantitative estimate of drug-likeness (QED) is 0.423. The Bertz CT molecular complexity index is 670. The van der Waals surface area contributed by atoms with Crippen molar-refractivity contribution in [2.24, 2.45) is 10.9 Å². The minimum absolute atomic E-state index is 0. The van der Waals surface area contributed by atoms with Gasteiger partial charge in [-0.3, -0.25) is 9.56 Å². The number of hydrogen-bond acceptors (Lipinski definition) is 4. The van der Waals surface area contributed by atoms with Crippen LogP contribution >= 0.6 is 24.0 Å². The van der Waals surface area contributed by atoms with Crippen molar-refractivity contribution in [2.45, 2.75) is 13.0 Å². The summed E-state index contributed by atoms with van der Waals surface area (Å²) < 4.78 is 7.37. The van der Waals surface area contributed by atoms with Crippen LogP contribution in [0.3, 0.4) is 0 Å². The lowest BCUT2D eigenvalue weighted by atomic mass is 10.1. The fourth-order valence-electron chi connectivity index (χ4n) is 2.95. The van der Waals surface area contributed by atoms with E-state index in [1.165, 1.54) is 0 Å². The fraction of sp³-hybridized carbons (Fsp3) is 0.471. The van der Waals surface area contributed by atoms with Crippen molar-refractivity contribution in [3.63, 3.8) is 0 Å². The Labute approximate surface area is 165 Å². The van der Waals surface area contributed by atoms with Crippen LogP contribution in [0.1, 0.15) is 12.0 Å². The number of nitrogens with zero attached hydrogens (tertiary/aromatic N) is 5. The Morgan fingerprint density at radius 1 is 1.48 bits per heavy atom. The monoisotopic (exact) mass is 456 g/mol. The molecule has 7 nitrogen and oxygen atoms in total. The summed E-state index contributed by atoms with van der Waals surface area (Å²) in [5, 5.41) is 3.42. The van der Waals surface area contributed by atoms with Gasteiger partial charge in [-0.1, -0.05) is 6.07 Å². The molecule has 0 bridgehead atoms. The predicted molar refractivity (Wildman–Crippen MR) is 109 cm³/mol. The van der Waals surface area contributed by atoms with E-state index in [2.05, 4.69) is 38.3 Å². The number of nitrogens with one attached hydrogen (secondary N) is 1. The van der Waals surface area contributed by atoms with Crippen molar-refractivity contribution in [2.75, 3.05) is 33.9 Å². The van der Waals surface area contributed by atoms with Crippen molar-refractivity contribution >= 4 is 29.9 Å². The summed E-state index contributed by atoms with van der Waals surface area (Å²) in [5.74, 6) is 2.33. The molecule has 1 aliphatic heterocycles. The molecule has 1 unspecified atom stereocenters. The minimum atomic E-state index is 0. The molecule has 0 aromatic carbocycles. The average molecular weight is 456 g/mol. The van der Waals surface area contributed by atoms with E-state index in [0.29, 0.717) is 12.5 Å². The lowest BCUT2D eigenvalue weighted by Crippen LogP contribution is -2.41. The molecule has 0 radical (unpaired) electrons. The average Bonchev–Trinajstić information content (AvgIpc) is 3.29. The number of pyridine rings is 1. The molecule has 2 aromatic rings. The molecule has 136 valence electrons. The van der Waals surface area contributed by atoms with Crippen molar-refractivity contribution in [3.05, 3.63) is 42.6 Å². The van der Waals surface area contributed by atoms with E-state index in [1.807, 2.05) is 23.9 Å². The molecule has 0 amide bonds. The Hall–Kier alpha value is -1.68. The van der Waals surface area contributed by atoms with Gasteiger partial charge in [0.15, 0.2) is 5.96 Å². The first-order valence-electron chi connectivity index (χ1n) is 8.19. The van der Waals surface area contributed by atoms with Gasteiger partial charge < -0.3 is 15.0 Å². The maximum Gasteiger partial charge on any atom is 0.193 e. The molecule has 1 atom stereocenters. The van der Waals surface area contributed by atoms with Gasteiger partial charge in [-0.2, -0.15) is 0 Å². The number of guanidine groups is 1. The zero-order valence-corrected chi connectivity index (χ0v) is 17.0. The van der Waals surface area contributed by atoms with Crippen LogP contribution in [-0.4, -0.2) is 59.2 Å².